The number of likely N-dealkylation sites (N-methyl/N-ethyl adjacent to an activating group) is 1. The van der Waals surface area contributed by atoms with Crippen LogP contribution in [0.1, 0.15) is 12.8 Å². The summed E-state index contributed by atoms with van der Waals surface area (Å²) in [4.78, 5) is 13.1. The molecular formula is C11H22N2O3. The molecule has 0 aromatic rings. The van der Waals surface area contributed by atoms with E-state index in [0.717, 1.165) is 32.7 Å². The van der Waals surface area contributed by atoms with Gasteiger partial charge in [-0.2, -0.15) is 0 Å². The molecule has 1 saturated heterocycles. The average Bonchev–Trinajstić information content (AvgIpc) is 2.67. The summed E-state index contributed by atoms with van der Waals surface area (Å²) in [7, 11) is 3.42. The highest BCUT2D eigenvalue weighted by Gasteiger charge is 2.23. The molecule has 0 bridgehead atoms. The van der Waals surface area contributed by atoms with E-state index in [0.29, 0.717) is 12.3 Å². The summed E-state index contributed by atoms with van der Waals surface area (Å²) in [6.45, 7) is 3.75. The van der Waals surface area contributed by atoms with E-state index < -0.39 is 12.0 Å². The standard InChI is InChI=1S/C11H22N2O3/c1-12-10(11(14)15)4-6-13-5-3-9(7-13)8-16-2/h9-10,12H,3-8H2,1-2H3,(H,14,15). The minimum atomic E-state index is -0.768. The molecule has 1 heterocycles. The summed E-state index contributed by atoms with van der Waals surface area (Å²) < 4.78 is 5.13. The molecule has 0 saturated carbocycles. The van der Waals surface area contributed by atoms with Crippen molar-refractivity contribution in [1.29, 1.82) is 0 Å². The molecule has 2 N–H and O–H groups in total. The second-order valence-electron chi connectivity index (χ2n) is 4.38. The van der Waals surface area contributed by atoms with E-state index in [2.05, 4.69) is 10.2 Å². The first-order chi connectivity index (χ1) is 7.67. The van der Waals surface area contributed by atoms with Crippen LogP contribution in [-0.2, 0) is 9.53 Å². The molecule has 0 amide bonds. The van der Waals surface area contributed by atoms with Crippen LogP contribution in [0.25, 0.3) is 0 Å². The number of likely N-dealkylation sites (tertiary alicyclic amines) is 1. The fourth-order valence-electron chi connectivity index (χ4n) is 2.19. The third-order valence-electron chi connectivity index (χ3n) is 3.15. The molecule has 94 valence electrons. The Bertz CT molecular complexity index is 223. The second-order valence-corrected chi connectivity index (χ2v) is 4.38. The molecule has 5 heteroatoms. The predicted octanol–water partition coefficient (Wildman–Crippen LogP) is 0.0174. The molecular weight excluding hydrogens is 208 g/mol. The minimum absolute atomic E-state index is 0.429. The average molecular weight is 230 g/mol. The molecule has 5 nitrogen and oxygen atoms in total. The number of ether oxygens (including phenoxy) is 1. The number of methoxy groups -OCH3 is 1. The van der Waals surface area contributed by atoms with Gasteiger partial charge in [-0.1, -0.05) is 0 Å². The molecule has 0 radical (unpaired) electrons. The topological polar surface area (TPSA) is 61.8 Å². The quantitative estimate of drug-likeness (QED) is 0.645. The van der Waals surface area contributed by atoms with Gasteiger partial charge >= 0.3 is 5.97 Å². The van der Waals surface area contributed by atoms with Gasteiger partial charge in [0.1, 0.15) is 6.04 Å². The molecule has 0 aromatic carbocycles. The third-order valence-corrected chi connectivity index (χ3v) is 3.15. The van der Waals surface area contributed by atoms with Crippen LogP contribution in [0, 0.1) is 5.92 Å². The Hall–Kier alpha value is -0.650. The Kier molecular flexibility index (Phi) is 5.73. The van der Waals surface area contributed by atoms with Crippen LogP contribution < -0.4 is 5.32 Å². The fraction of sp³-hybridized carbons (Fsp3) is 0.909. The molecule has 16 heavy (non-hydrogen) atoms. The SMILES string of the molecule is CNC(CCN1CCC(COC)C1)C(=O)O. The maximum absolute atomic E-state index is 10.8. The lowest BCUT2D eigenvalue weighted by molar-refractivity contribution is -0.139. The van der Waals surface area contributed by atoms with Gasteiger partial charge < -0.3 is 20.1 Å². The van der Waals surface area contributed by atoms with Crippen LogP contribution in [0.15, 0.2) is 0 Å². The van der Waals surface area contributed by atoms with Gasteiger partial charge in [-0.05, 0) is 32.4 Å². The van der Waals surface area contributed by atoms with Gasteiger partial charge in [0, 0.05) is 20.2 Å². The second kappa shape index (κ2) is 6.83. The molecule has 1 fully saturated rings. The minimum Gasteiger partial charge on any atom is -0.480 e. The van der Waals surface area contributed by atoms with Crippen LogP contribution in [0.2, 0.25) is 0 Å². The van der Waals surface area contributed by atoms with E-state index in [1.165, 1.54) is 0 Å². The van der Waals surface area contributed by atoms with Gasteiger partial charge in [0.2, 0.25) is 0 Å². The summed E-state index contributed by atoms with van der Waals surface area (Å²) in [5.74, 6) is -0.155. The number of hydrogen-bond donors (Lipinski definition) is 2. The first-order valence-corrected chi connectivity index (χ1v) is 5.78. The lowest BCUT2D eigenvalue weighted by Gasteiger charge is -2.18. The Morgan fingerprint density at radius 2 is 2.44 bits per heavy atom. The highest BCUT2D eigenvalue weighted by Crippen LogP contribution is 2.16. The predicted molar refractivity (Wildman–Crippen MR) is 61.5 cm³/mol. The largest absolute Gasteiger partial charge is 0.480 e. The van der Waals surface area contributed by atoms with Crippen molar-refractivity contribution >= 4 is 5.97 Å². The van der Waals surface area contributed by atoms with Crippen molar-refractivity contribution in [1.82, 2.24) is 10.2 Å². The van der Waals surface area contributed by atoms with E-state index in [9.17, 15) is 4.79 Å². The number of carboxylic acid groups (broad SMARTS) is 1. The summed E-state index contributed by atoms with van der Waals surface area (Å²) in [6.07, 6.45) is 1.82. The number of rotatable bonds is 7. The van der Waals surface area contributed by atoms with Gasteiger partial charge in [-0.3, -0.25) is 4.79 Å². The monoisotopic (exact) mass is 230 g/mol. The number of nitrogens with one attached hydrogen (secondary N) is 1. The van der Waals surface area contributed by atoms with E-state index in [1.54, 1.807) is 14.2 Å². The summed E-state index contributed by atoms with van der Waals surface area (Å²) >= 11 is 0. The lowest BCUT2D eigenvalue weighted by atomic mass is 10.1. The molecule has 0 aliphatic carbocycles. The van der Waals surface area contributed by atoms with Crippen molar-refractivity contribution in [2.45, 2.75) is 18.9 Å². The van der Waals surface area contributed by atoms with Gasteiger partial charge in [-0.15, -0.1) is 0 Å². The van der Waals surface area contributed by atoms with Crippen LogP contribution in [0.4, 0.5) is 0 Å². The fourth-order valence-corrected chi connectivity index (χ4v) is 2.19. The summed E-state index contributed by atoms with van der Waals surface area (Å²) in [5, 5.41) is 11.7. The molecule has 2 atom stereocenters. The smallest absolute Gasteiger partial charge is 0.320 e. The van der Waals surface area contributed by atoms with E-state index >= 15 is 0 Å². The summed E-state index contributed by atoms with van der Waals surface area (Å²) in [5.41, 5.74) is 0. The maximum atomic E-state index is 10.8. The first kappa shape index (κ1) is 13.4. The molecule has 1 aliphatic heterocycles. The van der Waals surface area contributed by atoms with Crippen molar-refractivity contribution in [3.8, 4) is 0 Å². The Balaban J connectivity index is 2.21. The molecule has 0 spiro atoms. The van der Waals surface area contributed by atoms with E-state index in [1.807, 2.05) is 0 Å². The van der Waals surface area contributed by atoms with Crippen molar-refractivity contribution in [2.24, 2.45) is 5.92 Å². The normalized spacial score (nSPS) is 23.5. The zero-order valence-corrected chi connectivity index (χ0v) is 10.1. The van der Waals surface area contributed by atoms with Crippen molar-refractivity contribution in [2.75, 3.05) is 40.4 Å². The molecule has 2 unspecified atom stereocenters. The van der Waals surface area contributed by atoms with Crippen LogP contribution in [0.5, 0.6) is 0 Å². The molecule has 1 rings (SSSR count). The first-order valence-electron chi connectivity index (χ1n) is 5.78. The van der Waals surface area contributed by atoms with Crippen molar-refractivity contribution in [3.05, 3.63) is 0 Å². The lowest BCUT2D eigenvalue weighted by Crippen LogP contribution is -2.37. The Morgan fingerprint density at radius 1 is 1.69 bits per heavy atom. The van der Waals surface area contributed by atoms with E-state index in [-0.39, 0.29) is 0 Å². The van der Waals surface area contributed by atoms with Gasteiger partial charge in [-0.25, -0.2) is 0 Å². The highest BCUT2D eigenvalue weighted by atomic mass is 16.5. The zero-order valence-electron chi connectivity index (χ0n) is 10.1. The van der Waals surface area contributed by atoms with E-state index in [4.69, 9.17) is 9.84 Å². The number of carboxylic acids is 1. The summed E-state index contributed by atoms with van der Waals surface area (Å²) in [6, 6.07) is -0.429. The molecule has 0 aromatic heterocycles. The number of carbonyl (C=O) groups is 1. The Labute approximate surface area is 96.8 Å². The van der Waals surface area contributed by atoms with Crippen molar-refractivity contribution in [3.63, 3.8) is 0 Å². The third kappa shape index (κ3) is 4.08. The zero-order chi connectivity index (χ0) is 12.0. The number of nitrogens with zero attached hydrogens (tertiary/aromatic N) is 1. The number of aliphatic carboxylic acids is 1. The van der Waals surface area contributed by atoms with Crippen LogP contribution >= 0.6 is 0 Å². The molecule has 1 aliphatic rings. The maximum Gasteiger partial charge on any atom is 0.320 e. The van der Waals surface area contributed by atoms with Crippen LogP contribution in [0.3, 0.4) is 0 Å². The van der Waals surface area contributed by atoms with Gasteiger partial charge in [0.15, 0.2) is 0 Å². The van der Waals surface area contributed by atoms with Gasteiger partial charge in [0.25, 0.3) is 0 Å². The van der Waals surface area contributed by atoms with Crippen LogP contribution in [-0.4, -0.2) is 62.4 Å². The van der Waals surface area contributed by atoms with Gasteiger partial charge in [0.05, 0.1) is 6.61 Å². The van der Waals surface area contributed by atoms with Crippen molar-refractivity contribution < 1.29 is 14.6 Å². The number of hydrogen-bond acceptors (Lipinski definition) is 4. The highest BCUT2D eigenvalue weighted by molar-refractivity contribution is 5.73. The Morgan fingerprint density at radius 3 is 3.00 bits per heavy atom.